The van der Waals surface area contributed by atoms with Crippen LogP contribution in [0.5, 0.6) is 17.2 Å². The Kier molecular flexibility index (Phi) is 4.63. The molecule has 0 aliphatic carbocycles. The molecular weight excluding hydrogens is 280 g/mol. The van der Waals surface area contributed by atoms with E-state index in [9.17, 15) is 0 Å². The lowest BCUT2D eigenvalue weighted by atomic mass is 10.1. The van der Waals surface area contributed by atoms with Crippen LogP contribution in [0.4, 0.5) is 0 Å². The summed E-state index contributed by atoms with van der Waals surface area (Å²) in [5.41, 5.74) is 0.946. The lowest BCUT2D eigenvalue weighted by Gasteiger charge is -2.13. The second kappa shape index (κ2) is 6.43. The summed E-state index contributed by atoms with van der Waals surface area (Å²) in [6.45, 7) is 0. The Bertz CT molecular complexity index is 580. The molecule has 0 aliphatic rings. The van der Waals surface area contributed by atoms with Crippen molar-refractivity contribution in [2.24, 2.45) is 0 Å². The minimum atomic E-state index is 0.419. The van der Waals surface area contributed by atoms with Gasteiger partial charge in [0, 0.05) is 12.6 Å². The van der Waals surface area contributed by atoms with Gasteiger partial charge in [0.2, 0.25) is 5.75 Å². The molecule has 0 bridgehead atoms. The number of halogens is 1. The Morgan fingerprint density at radius 3 is 2.20 bits per heavy atom. The van der Waals surface area contributed by atoms with Crippen molar-refractivity contribution in [3.05, 3.63) is 40.9 Å². The lowest BCUT2D eigenvalue weighted by molar-refractivity contribution is 0.324. The largest absolute Gasteiger partial charge is 0.493 e. The van der Waals surface area contributed by atoms with E-state index < -0.39 is 0 Å². The summed E-state index contributed by atoms with van der Waals surface area (Å²) < 4.78 is 15.9. The first-order valence-electron chi connectivity index (χ1n) is 5.94. The summed E-state index contributed by atoms with van der Waals surface area (Å²) in [6.07, 6.45) is 2.15. The summed E-state index contributed by atoms with van der Waals surface area (Å²) in [4.78, 5) is 8.34. The van der Waals surface area contributed by atoms with Crippen molar-refractivity contribution in [3.63, 3.8) is 0 Å². The monoisotopic (exact) mass is 294 g/mol. The first-order valence-corrected chi connectivity index (χ1v) is 6.32. The van der Waals surface area contributed by atoms with Crippen molar-refractivity contribution in [2.75, 3.05) is 21.3 Å². The molecule has 0 aliphatic heterocycles. The fraction of sp³-hybridized carbons (Fsp3) is 0.286. The number of hydrogen-bond acceptors (Lipinski definition) is 5. The molecule has 0 atom stereocenters. The van der Waals surface area contributed by atoms with Gasteiger partial charge >= 0.3 is 0 Å². The Labute approximate surface area is 122 Å². The molecule has 0 saturated heterocycles. The quantitative estimate of drug-likeness (QED) is 0.794. The van der Waals surface area contributed by atoms with Crippen LogP contribution >= 0.6 is 11.6 Å². The standard InChI is InChI=1S/C14H15ClN2O3/c1-18-10-6-9(7-11(19-2)14(10)20-3)8-13-16-5-4-12(15)17-13/h4-7H,8H2,1-3H3. The van der Waals surface area contributed by atoms with Crippen LogP contribution in [0.15, 0.2) is 24.4 Å². The van der Waals surface area contributed by atoms with E-state index in [-0.39, 0.29) is 0 Å². The van der Waals surface area contributed by atoms with Crippen LogP contribution < -0.4 is 14.2 Å². The molecule has 20 heavy (non-hydrogen) atoms. The number of ether oxygens (including phenoxy) is 3. The van der Waals surface area contributed by atoms with E-state index in [0.717, 1.165) is 5.56 Å². The van der Waals surface area contributed by atoms with Gasteiger partial charge in [-0.15, -0.1) is 0 Å². The summed E-state index contributed by atoms with van der Waals surface area (Å²) in [5, 5.41) is 0.419. The SMILES string of the molecule is COc1cc(Cc2nccc(Cl)n2)cc(OC)c1OC. The first-order chi connectivity index (χ1) is 9.67. The summed E-state index contributed by atoms with van der Waals surface area (Å²) in [5.74, 6) is 2.39. The molecular formula is C14H15ClN2O3. The molecule has 0 fully saturated rings. The van der Waals surface area contributed by atoms with E-state index in [1.54, 1.807) is 33.6 Å². The number of nitrogens with zero attached hydrogens (tertiary/aromatic N) is 2. The molecule has 1 heterocycles. The molecule has 2 aromatic rings. The topological polar surface area (TPSA) is 53.5 Å². The molecule has 0 radical (unpaired) electrons. The molecule has 0 amide bonds. The number of hydrogen-bond donors (Lipinski definition) is 0. The number of aromatic nitrogens is 2. The Morgan fingerprint density at radius 1 is 1.05 bits per heavy atom. The van der Waals surface area contributed by atoms with Crippen molar-refractivity contribution in [1.29, 1.82) is 0 Å². The van der Waals surface area contributed by atoms with E-state index in [1.807, 2.05) is 12.1 Å². The Hall–Kier alpha value is -2.01. The zero-order valence-electron chi connectivity index (χ0n) is 11.5. The third kappa shape index (κ3) is 3.11. The van der Waals surface area contributed by atoms with Gasteiger partial charge in [-0.1, -0.05) is 11.6 Å². The molecule has 0 saturated carbocycles. The number of benzene rings is 1. The Morgan fingerprint density at radius 2 is 1.70 bits per heavy atom. The fourth-order valence-corrected chi connectivity index (χ4v) is 2.03. The van der Waals surface area contributed by atoms with Gasteiger partial charge in [-0.05, 0) is 23.8 Å². The third-order valence-corrected chi connectivity index (χ3v) is 2.97. The third-order valence-electron chi connectivity index (χ3n) is 2.76. The van der Waals surface area contributed by atoms with Crippen LogP contribution in [0.3, 0.4) is 0 Å². The Balaban J connectivity index is 2.37. The lowest BCUT2D eigenvalue weighted by Crippen LogP contribution is -2.00. The zero-order chi connectivity index (χ0) is 14.5. The maximum atomic E-state index is 5.86. The molecule has 6 heteroatoms. The van der Waals surface area contributed by atoms with E-state index in [1.165, 1.54) is 0 Å². The van der Waals surface area contributed by atoms with E-state index in [2.05, 4.69) is 9.97 Å². The predicted molar refractivity (Wildman–Crippen MR) is 75.9 cm³/mol. The van der Waals surface area contributed by atoms with Gasteiger partial charge in [0.1, 0.15) is 11.0 Å². The van der Waals surface area contributed by atoms with Crippen LogP contribution in [-0.4, -0.2) is 31.3 Å². The molecule has 1 aromatic heterocycles. The van der Waals surface area contributed by atoms with Crippen molar-refractivity contribution in [3.8, 4) is 17.2 Å². The molecule has 0 spiro atoms. The minimum Gasteiger partial charge on any atom is -0.493 e. The van der Waals surface area contributed by atoms with E-state index in [0.29, 0.717) is 34.6 Å². The highest BCUT2D eigenvalue weighted by Gasteiger charge is 2.14. The predicted octanol–water partition coefficient (Wildman–Crippen LogP) is 2.75. The fourth-order valence-electron chi connectivity index (χ4n) is 1.88. The van der Waals surface area contributed by atoms with Gasteiger partial charge in [-0.3, -0.25) is 0 Å². The van der Waals surface area contributed by atoms with E-state index >= 15 is 0 Å². The van der Waals surface area contributed by atoms with Crippen molar-refractivity contribution >= 4 is 11.6 Å². The van der Waals surface area contributed by atoms with Crippen molar-refractivity contribution < 1.29 is 14.2 Å². The molecule has 106 valence electrons. The molecule has 0 unspecified atom stereocenters. The molecule has 1 aromatic carbocycles. The van der Waals surface area contributed by atoms with Crippen LogP contribution in [0.2, 0.25) is 5.15 Å². The summed E-state index contributed by atoms with van der Waals surface area (Å²) in [7, 11) is 4.73. The summed E-state index contributed by atoms with van der Waals surface area (Å²) in [6, 6.07) is 5.37. The van der Waals surface area contributed by atoms with Crippen molar-refractivity contribution in [2.45, 2.75) is 6.42 Å². The van der Waals surface area contributed by atoms with Gasteiger partial charge in [-0.25, -0.2) is 9.97 Å². The number of methoxy groups -OCH3 is 3. The van der Waals surface area contributed by atoms with Crippen LogP contribution in [0, 0.1) is 0 Å². The summed E-state index contributed by atoms with van der Waals surface area (Å²) >= 11 is 5.86. The second-order valence-corrected chi connectivity index (χ2v) is 4.39. The minimum absolute atomic E-state index is 0.419. The molecule has 5 nitrogen and oxygen atoms in total. The normalized spacial score (nSPS) is 10.2. The molecule has 0 N–H and O–H groups in total. The van der Waals surface area contributed by atoms with Gasteiger partial charge in [-0.2, -0.15) is 0 Å². The highest BCUT2D eigenvalue weighted by molar-refractivity contribution is 6.29. The average Bonchev–Trinajstić information content (AvgIpc) is 2.46. The van der Waals surface area contributed by atoms with Crippen LogP contribution in [0.25, 0.3) is 0 Å². The van der Waals surface area contributed by atoms with Gasteiger partial charge in [0.05, 0.1) is 21.3 Å². The van der Waals surface area contributed by atoms with Gasteiger partial charge in [0.15, 0.2) is 11.5 Å². The van der Waals surface area contributed by atoms with Crippen molar-refractivity contribution in [1.82, 2.24) is 9.97 Å². The highest BCUT2D eigenvalue weighted by Crippen LogP contribution is 2.38. The van der Waals surface area contributed by atoms with Crippen LogP contribution in [0.1, 0.15) is 11.4 Å². The van der Waals surface area contributed by atoms with Gasteiger partial charge in [0.25, 0.3) is 0 Å². The maximum absolute atomic E-state index is 5.86. The highest BCUT2D eigenvalue weighted by atomic mass is 35.5. The first kappa shape index (κ1) is 14.4. The zero-order valence-corrected chi connectivity index (χ0v) is 12.3. The maximum Gasteiger partial charge on any atom is 0.203 e. The number of rotatable bonds is 5. The average molecular weight is 295 g/mol. The second-order valence-electron chi connectivity index (χ2n) is 4.01. The van der Waals surface area contributed by atoms with Crippen LogP contribution in [-0.2, 0) is 6.42 Å². The molecule has 2 rings (SSSR count). The smallest absolute Gasteiger partial charge is 0.203 e. The van der Waals surface area contributed by atoms with Gasteiger partial charge < -0.3 is 14.2 Å². The van der Waals surface area contributed by atoms with E-state index in [4.69, 9.17) is 25.8 Å².